The van der Waals surface area contributed by atoms with Crippen molar-refractivity contribution in [3.8, 4) is 0 Å². The molecule has 0 atom stereocenters. The van der Waals surface area contributed by atoms with Crippen LogP contribution in [0.2, 0.25) is 0 Å². The second-order valence-corrected chi connectivity index (χ2v) is 9.19. The third-order valence-corrected chi connectivity index (χ3v) is 7.11. The molecule has 9 heteroatoms. The summed E-state index contributed by atoms with van der Waals surface area (Å²) in [7, 11) is -3.69. The fraction of sp³-hybridized carbons (Fsp3) is 0.273. The second kappa shape index (κ2) is 8.91. The van der Waals surface area contributed by atoms with Crippen LogP contribution in [0.1, 0.15) is 45.8 Å². The van der Waals surface area contributed by atoms with Gasteiger partial charge in [-0.15, -0.1) is 0 Å². The maximum absolute atomic E-state index is 12.7. The van der Waals surface area contributed by atoms with Gasteiger partial charge in [0.2, 0.25) is 10.0 Å². The average molecular weight is 443 g/mol. The second-order valence-electron chi connectivity index (χ2n) is 7.25. The minimum atomic E-state index is -3.69. The van der Waals surface area contributed by atoms with Gasteiger partial charge in [-0.05, 0) is 55.3 Å². The van der Waals surface area contributed by atoms with Crippen molar-refractivity contribution in [2.45, 2.75) is 32.6 Å². The zero-order valence-electron chi connectivity index (χ0n) is 17.9. The van der Waals surface area contributed by atoms with Gasteiger partial charge in [-0.3, -0.25) is 20.4 Å². The van der Waals surface area contributed by atoms with E-state index in [-0.39, 0.29) is 10.5 Å². The predicted molar refractivity (Wildman–Crippen MR) is 119 cm³/mol. The Hall–Kier alpha value is -3.17. The highest BCUT2D eigenvalue weighted by Gasteiger charge is 2.22. The number of hydrogen-bond donors (Lipinski definition) is 3. The van der Waals surface area contributed by atoms with Crippen molar-refractivity contribution in [1.82, 2.24) is 20.1 Å². The highest BCUT2D eigenvalue weighted by atomic mass is 32.2. The van der Waals surface area contributed by atoms with E-state index >= 15 is 0 Å². The maximum atomic E-state index is 12.7. The van der Waals surface area contributed by atoms with E-state index in [1.165, 1.54) is 28.6 Å². The Balaban J connectivity index is 1.74. The third kappa shape index (κ3) is 4.62. The maximum Gasteiger partial charge on any atom is 0.286 e. The fourth-order valence-electron chi connectivity index (χ4n) is 3.49. The Morgan fingerprint density at radius 2 is 1.65 bits per heavy atom. The zero-order valence-corrected chi connectivity index (χ0v) is 18.8. The van der Waals surface area contributed by atoms with E-state index in [0.717, 1.165) is 22.0 Å². The van der Waals surface area contributed by atoms with Gasteiger partial charge in [0.1, 0.15) is 5.69 Å². The van der Waals surface area contributed by atoms with Gasteiger partial charge in [0.25, 0.3) is 11.8 Å². The number of carbonyl (C=O) groups excluding carboxylic acids is 2. The number of rotatable bonds is 6. The number of sulfonamides is 1. The highest BCUT2D eigenvalue weighted by Crippen LogP contribution is 2.21. The van der Waals surface area contributed by atoms with E-state index in [1.807, 2.05) is 26.0 Å². The number of aryl methyl sites for hydroxylation is 2. The largest absolute Gasteiger partial charge is 0.350 e. The molecule has 8 nitrogen and oxygen atoms in total. The van der Waals surface area contributed by atoms with Gasteiger partial charge in [-0.1, -0.05) is 26.0 Å². The number of aromatic amines is 1. The number of nitrogens with one attached hydrogen (secondary N) is 3. The molecule has 164 valence electrons. The van der Waals surface area contributed by atoms with Gasteiger partial charge in [0.15, 0.2) is 0 Å². The van der Waals surface area contributed by atoms with Gasteiger partial charge in [-0.2, -0.15) is 4.31 Å². The smallest absolute Gasteiger partial charge is 0.286 e. The van der Waals surface area contributed by atoms with E-state index in [4.69, 9.17) is 0 Å². The molecule has 0 aliphatic heterocycles. The van der Waals surface area contributed by atoms with Gasteiger partial charge in [0, 0.05) is 29.6 Å². The standard InChI is InChI=1S/C22H26N4O4S/c1-5-26(6-2)31(29,30)17-9-7-8-16(12-17)21(27)24-25-22(28)20-13-18-15(4)10-14(3)11-19(18)23-20/h7-13,23H,5-6H2,1-4H3,(H,24,27)(H,25,28). The number of H-pyrrole nitrogens is 1. The molecule has 0 unspecified atom stereocenters. The van der Waals surface area contributed by atoms with Crippen LogP contribution >= 0.6 is 0 Å². The highest BCUT2D eigenvalue weighted by molar-refractivity contribution is 7.89. The minimum Gasteiger partial charge on any atom is -0.350 e. The van der Waals surface area contributed by atoms with Crippen LogP contribution in [0.15, 0.2) is 47.4 Å². The summed E-state index contributed by atoms with van der Waals surface area (Å²) >= 11 is 0. The first-order valence-corrected chi connectivity index (χ1v) is 11.4. The molecule has 0 radical (unpaired) electrons. The molecule has 0 saturated heterocycles. The van der Waals surface area contributed by atoms with Gasteiger partial charge >= 0.3 is 0 Å². The van der Waals surface area contributed by atoms with Crippen molar-refractivity contribution in [1.29, 1.82) is 0 Å². The molecule has 0 saturated carbocycles. The number of amides is 2. The van der Waals surface area contributed by atoms with Crippen molar-refractivity contribution in [3.63, 3.8) is 0 Å². The van der Waals surface area contributed by atoms with Crippen LogP contribution < -0.4 is 10.9 Å². The number of benzene rings is 2. The SMILES string of the molecule is CCN(CC)S(=O)(=O)c1cccc(C(=O)NNC(=O)c2cc3c(C)cc(C)cc3[nH]2)c1. The molecule has 2 amide bonds. The molecule has 0 fully saturated rings. The monoisotopic (exact) mass is 442 g/mol. The van der Waals surface area contributed by atoms with Crippen LogP contribution in [0.3, 0.4) is 0 Å². The Kier molecular flexibility index (Phi) is 6.47. The van der Waals surface area contributed by atoms with Crippen LogP contribution in [0.4, 0.5) is 0 Å². The normalized spacial score (nSPS) is 11.6. The molecular formula is C22H26N4O4S. The van der Waals surface area contributed by atoms with Crippen molar-refractivity contribution in [2.24, 2.45) is 0 Å². The average Bonchev–Trinajstić information content (AvgIpc) is 3.17. The summed E-state index contributed by atoms with van der Waals surface area (Å²) in [4.78, 5) is 28.0. The summed E-state index contributed by atoms with van der Waals surface area (Å²) in [5.74, 6) is -1.12. The number of hydrogen-bond acceptors (Lipinski definition) is 4. The lowest BCUT2D eigenvalue weighted by Gasteiger charge is -2.18. The molecule has 31 heavy (non-hydrogen) atoms. The Morgan fingerprint density at radius 1 is 0.968 bits per heavy atom. The van der Waals surface area contributed by atoms with Gasteiger partial charge in [-0.25, -0.2) is 8.42 Å². The number of nitrogens with zero attached hydrogens (tertiary/aromatic N) is 1. The van der Waals surface area contributed by atoms with Crippen molar-refractivity contribution < 1.29 is 18.0 Å². The quantitative estimate of drug-likeness (QED) is 0.510. The molecule has 1 heterocycles. The Labute approximate surface area is 181 Å². The minimum absolute atomic E-state index is 0.0247. The lowest BCUT2D eigenvalue weighted by Crippen LogP contribution is -2.41. The lowest BCUT2D eigenvalue weighted by molar-refractivity contribution is 0.0844. The molecule has 0 bridgehead atoms. The molecule has 0 aliphatic carbocycles. The van der Waals surface area contributed by atoms with E-state index in [2.05, 4.69) is 15.8 Å². The van der Waals surface area contributed by atoms with Crippen LogP contribution in [0, 0.1) is 13.8 Å². The van der Waals surface area contributed by atoms with Crippen molar-refractivity contribution >= 4 is 32.7 Å². The summed E-state index contributed by atoms with van der Waals surface area (Å²) in [5.41, 5.74) is 8.09. The summed E-state index contributed by atoms with van der Waals surface area (Å²) in [6, 6.07) is 11.4. The molecule has 3 rings (SSSR count). The molecule has 3 N–H and O–H groups in total. The summed E-state index contributed by atoms with van der Waals surface area (Å²) < 4.78 is 26.7. The molecule has 2 aromatic carbocycles. The fourth-order valence-corrected chi connectivity index (χ4v) is 4.99. The van der Waals surface area contributed by atoms with Gasteiger partial charge in [0.05, 0.1) is 4.90 Å². The van der Waals surface area contributed by atoms with Crippen molar-refractivity contribution in [3.05, 3.63) is 64.8 Å². The zero-order chi connectivity index (χ0) is 22.8. The van der Waals surface area contributed by atoms with E-state index in [0.29, 0.717) is 18.8 Å². The Morgan fingerprint density at radius 3 is 2.32 bits per heavy atom. The summed E-state index contributed by atoms with van der Waals surface area (Å²) in [5, 5.41) is 0.927. The number of hydrazine groups is 1. The van der Waals surface area contributed by atoms with E-state index < -0.39 is 21.8 Å². The number of carbonyl (C=O) groups is 2. The van der Waals surface area contributed by atoms with Crippen LogP contribution in [-0.4, -0.2) is 42.6 Å². The van der Waals surface area contributed by atoms with E-state index in [1.54, 1.807) is 19.9 Å². The third-order valence-electron chi connectivity index (χ3n) is 5.06. The lowest BCUT2D eigenvalue weighted by atomic mass is 10.1. The summed E-state index contributed by atoms with van der Waals surface area (Å²) in [6.45, 7) is 8.09. The number of aromatic nitrogens is 1. The van der Waals surface area contributed by atoms with Gasteiger partial charge < -0.3 is 4.98 Å². The van der Waals surface area contributed by atoms with Crippen LogP contribution in [-0.2, 0) is 10.0 Å². The number of fused-ring (bicyclic) bond motifs is 1. The van der Waals surface area contributed by atoms with E-state index in [9.17, 15) is 18.0 Å². The van der Waals surface area contributed by atoms with Crippen molar-refractivity contribution in [2.75, 3.05) is 13.1 Å². The Bertz CT molecular complexity index is 1240. The first-order valence-electron chi connectivity index (χ1n) is 9.98. The first-order chi connectivity index (χ1) is 14.7. The van der Waals surface area contributed by atoms with Crippen LogP contribution in [0.25, 0.3) is 10.9 Å². The molecule has 1 aromatic heterocycles. The molecule has 0 spiro atoms. The molecular weight excluding hydrogens is 416 g/mol. The summed E-state index contributed by atoms with van der Waals surface area (Å²) in [6.07, 6.45) is 0. The molecule has 0 aliphatic rings. The topological polar surface area (TPSA) is 111 Å². The predicted octanol–water partition coefficient (Wildman–Crippen LogP) is 2.89. The van der Waals surface area contributed by atoms with Crippen LogP contribution in [0.5, 0.6) is 0 Å². The molecule has 3 aromatic rings. The first kappa shape index (κ1) is 22.5.